The van der Waals surface area contributed by atoms with E-state index in [1.807, 2.05) is 0 Å². The molecule has 0 spiro atoms. The van der Waals surface area contributed by atoms with E-state index in [4.69, 9.17) is 19.3 Å². The quantitative estimate of drug-likeness (QED) is 0.585. The fraction of sp³-hybridized carbons (Fsp3) is 1.00. The van der Waals surface area contributed by atoms with Crippen LogP contribution in [0.25, 0.3) is 0 Å². The minimum atomic E-state index is -0.0253. The average Bonchev–Trinajstić information content (AvgIpc) is 2.57. The Morgan fingerprint density at radius 2 is 2.00 bits per heavy atom. The lowest BCUT2D eigenvalue weighted by molar-refractivity contribution is -0.0521. The van der Waals surface area contributed by atoms with E-state index >= 15 is 0 Å². The molecule has 1 saturated heterocycles. The van der Waals surface area contributed by atoms with Crippen LogP contribution in [-0.4, -0.2) is 44.4 Å². The fourth-order valence-corrected chi connectivity index (χ4v) is 1.09. The van der Waals surface area contributed by atoms with E-state index in [0.29, 0.717) is 26.4 Å². The van der Waals surface area contributed by atoms with Crippen molar-refractivity contribution in [1.29, 1.82) is 0 Å². The van der Waals surface area contributed by atoms with Crippen molar-refractivity contribution in [2.24, 2.45) is 0 Å². The summed E-state index contributed by atoms with van der Waals surface area (Å²) in [6.45, 7) is 2.61. The van der Waals surface area contributed by atoms with Gasteiger partial charge in [0.05, 0.1) is 26.4 Å². The van der Waals surface area contributed by atoms with Gasteiger partial charge in [0.1, 0.15) is 0 Å². The van der Waals surface area contributed by atoms with Crippen LogP contribution in [0.5, 0.6) is 0 Å². The van der Waals surface area contributed by atoms with E-state index in [1.54, 1.807) is 0 Å². The molecule has 1 heterocycles. The highest BCUT2D eigenvalue weighted by atomic mass is 16.7. The van der Waals surface area contributed by atoms with Gasteiger partial charge in [0.25, 0.3) is 0 Å². The van der Waals surface area contributed by atoms with E-state index in [2.05, 4.69) is 0 Å². The number of rotatable bonds is 6. The Balaban J connectivity index is 1.81. The predicted octanol–water partition coefficient (Wildman–Crippen LogP) is 0.148. The Morgan fingerprint density at radius 3 is 2.67 bits per heavy atom. The van der Waals surface area contributed by atoms with Crippen molar-refractivity contribution in [3.05, 3.63) is 0 Å². The van der Waals surface area contributed by atoms with Gasteiger partial charge in [-0.15, -0.1) is 0 Å². The maximum atomic E-state index is 8.40. The molecule has 0 aliphatic carbocycles. The zero-order valence-electron chi connectivity index (χ0n) is 7.20. The summed E-state index contributed by atoms with van der Waals surface area (Å²) in [5.41, 5.74) is 0. The Labute approximate surface area is 72.4 Å². The number of ether oxygens (including phenoxy) is 3. The van der Waals surface area contributed by atoms with Crippen LogP contribution < -0.4 is 0 Å². The van der Waals surface area contributed by atoms with Crippen molar-refractivity contribution in [3.63, 3.8) is 0 Å². The molecular formula is C8H16O4. The lowest BCUT2D eigenvalue weighted by Gasteiger charge is -2.07. The molecule has 0 radical (unpaired) electrons. The largest absolute Gasteiger partial charge is 0.394 e. The van der Waals surface area contributed by atoms with Gasteiger partial charge in [-0.1, -0.05) is 0 Å². The summed E-state index contributed by atoms with van der Waals surface area (Å²) in [4.78, 5) is 0. The molecule has 0 bridgehead atoms. The lowest BCUT2D eigenvalue weighted by Crippen LogP contribution is -2.09. The van der Waals surface area contributed by atoms with Gasteiger partial charge in [-0.2, -0.15) is 0 Å². The van der Waals surface area contributed by atoms with Gasteiger partial charge in [-0.3, -0.25) is 0 Å². The molecule has 0 unspecified atom stereocenters. The van der Waals surface area contributed by atoms with E-state index < -0.39 is 0 Å². The van der Waals surface area contributed by atoms with Crippen LogP contribution >= 0.6 is 0 Å². The second kappa shape index (κ2) is 6.37. The van der Waals surface area contributed by atoms with Crippen molar-refractivity contribution in [1.82, 2.24) is 0 Å². The van der Waals surface area contributed by atoms with Crippen molar-refractivity contribution in [2.45, 2.75) is 19.1 Å². The monoisotopic (exact) mass is 176 g/mol. The van der Waals surface area contributed by atoms with Gasteiger partial charge in [0, 0.05) is 13.0 Å². The maximum absolute atomic E-state index is 8.40. The third kappa shape index (κ3) is 4.01. The molecule has 0 aromatic heterocycles. The van der Waals surface area contributed by atoms with E-state index in [0.717, 1.165) is 12.8 Å². The molecule has 0 aromatic carbocycles. The van der Waals surface area contributed by atoms with Gasteiger partial charge >= 0.3 is 0 Å². The molecule has 1 fully saturated rings. The SMILES string of the molecule is OCCOCCCC1OCCO1. The lowest BCUT2D eigenvalue weighted by atomic mass is 10.3. The summed E-state index contributed by atoms with van der Waals surface area (Å²) in [6, 6.07) is 0. The molecule has 72 valence electrons. The van der Waals surface area contributed by atoms with E-state index in [-0.39, 0.29) is 12.9 Å². The van der Waals surface area contributed by atoms with Crippen LogP contribution in [0.4, 0.5) is 0 Å². The molecule has 0 atom stereocenters. The maximum Gasteiger partial charge on any atom is 0.157 e. The minimum absolute atomic E-state index is 0.0253. The molecule has 0 amide bonds. The fourth-order valence-electron chi connectivity index (χ4n) is 1.09. The summed E-state index contributed by atoms with van der Waals surface area (Å²) in [5, 5.41) is 8.40. The van der Waals surface area contributed by atoms with Crippen molar-refractivity contribution < 1.29 is 19.3 Å². The summed E-state index contributed by atoms with van der Waals surface area (Å²) in [7, 11) is 0. The predicted molar refractivity (Wildman–Crippen MR) is 42.8 cm³/mol. The average molecular weight is 176 g/mol. The van der Waals surface area contributed by atoms with Crippen LogP contribution in [0.15, 0.2) is 0 Å². The Kier molecular flexibility index (Phi) is 5.27. The molecule has 12 heavy (non-hydrogen) atoms. The molecule has 0 aromatic rings. The second-order valence-electron chi connectivity index (χ2n) is 2.65. The molecule has 4 heteroatoms. The Bertz CT molecular complexity index is 101. The van der Waals surface area contributed by atoms with E-state index in [9.17, 15) is 0 Å². The molecule has 0 saturated carbocycles. The normalized spacial score (nSPS) is 18.8. The first kappa shape index (κ1) is 9.92. The smallest absolute Gasteiger partial charge is 0.157 e. The summed E-state index contributed by atoms with van der Waals surface area (Å²) in [5.74, 6) is 0. The first-order chi connectivity index (χ1) is 5.93. The topological polar surface area (TPSA) is 47.9 Å². The van der Waals surface area contributed by atoms with E-state index in [1.165, 1.54) is 0 Å². The van der Waals surface area contributed by atoms with Crippen LogP contribution in [-0.2, 0) is 14.2 Å². The van der Waals surface area contributed by atoms with Crippen LogP contribution in [0.3, 0.4) is 0 Å². The highest BCUT2D eigenvalue weighted by Gasteiger charge is 2.14. The summed E-state index contributed by atoms with van der Waals surface area (Å²) in [6.07, 6.45) is 1.78. The number of hydrogen-bond acceptors (Lipinski definition) is 4. The molecular weight excluding hydrogens is 160 g/mol. The van der Waals surface area contributed by atoms with Gasteiger partial charge in [-0.05, 0) is 6.42 Å². The van der Waals surface area contributed by atoms with Gasteiger partial charge < -0.3 is 19.3 Å². The highest BCUT2D eigenvalue weighted by Crippen LogP contribution is 2.09. The highest BCUT2D eigenvalue weighted by molar-refractivity contribution is 4.51. The Hall–Kier alpha value is -0.160. The first-order valence-electron chi connectivity index (χ1n) is 4.35. The molecule has 1 rings (SSSR count). The summed E-state index contributed by atoms with van der Waals surface area (Å²) >= 11 is 0. The van der Waals surface area contributed by atoms with Crippen LogP contribution in [0.2, 0.25) is 0 Å². The minimum Gasteiger partial charge on any atom is -0.394 e. The number of aliphatic hydroxyl groups is 1. The second-order valence-corrected chi connectivity index (χ2v) is 2.65. The third-order valence-corrected chi connectivity index (χ3v) is 1.65. The molecule has 4 nitrogen and oxygen atoms in total. The standard InChI is InChI=1S/C8H16O4/c9-3-5-10-4-1-2-8-11-6-7-12-8/h8-9H,1-7H2. The molecule has 1 aliphatic rings. The van der Waals surface area contributed by atoms with Crippen molar-refractivity contribution in [3.8, 4) is 0 Å². The third-order valence-electron chi connectivity index (χ3n) is 1.65. The number of aliphatic hydroxyl groups excluding tert-OH is 1. The van der Waals surface area contributed by atoms with Gasteiger partial charge in [0.15, 0.2) is 6.29 Å². The number of hydrogen-bond donors (Lipinski definition) is 1. The first-order valence-corrected chi connectivity index (χ1v) is 4.35. The Morgan fingerprint density at radius 1 is 1.25 bits per heavy atom. The molecule has 1 N–H and O–H groups in total. The molecule has 1 aliphatic heterocycles. The van der Waals surface area contributed by atoms with Crippen LogP contribution in [0, 0.1) is 0 Å². The zero-order valence-corrected chi connectivity index (χ0v) is 7.20. The van der Waals surface area contributed by atoms with Crippen LogP contribution in [0.1, 0.15) is 12.8 Å². The van der Waals surface area contributed by atoms with Gasteiger partial charge in [-0.25, -0.2) is 0 Å². The van der Waals surface area contributed by atoms with Gasteiger partial charge in [0.2, 0.25) is 0 Å². The van der Waals surface area contributed by atoms with Crippen molar-refractivity contribution >= 4 is 0 Å². The van der Waals surface area contributed by atoms with Crippen molar-refractivity contribution in [2.75, 3.05) is 33.0 Å². The zero-order chi connectivity index (χ0) is 8.65. The summed E-state index contributed by atoms with van der Waals surface area (Å²) < 4.78 is 15.5.